The average Bonchev–Trinajstić information content (AvgIpc) is 2.84. The van der Waals surface area contributed by atoms with E-state index < -0.39 is 5.97 Å². The molecule has 1 aromatic heterocycles. The van der Waals surface area contributed by atoms with E-state index in [1.807, 2.05) is 0 Å². The van der Waals surface area contributed by atoms with Gasteiger partial charge >= 0.3 is 5.97 Å². The maximum absolute atomic E-state index is 11.2. The molecule has 0 atom stereocenters. The minimum Gasteiger partial charge on any atom is -0.476 e. The molecule has 1 heterocycles. The van der Waals surface area contributed by atoms with E-state index in [2.05, 4.69) is 10.3 Å². The van der Waals surface area contributed by atoms with Gasteiger partial charge in [0.1, 0.15) is 5.69 Å². The molecule has 0 saturated heterocycles. The lowest BCUT2D eigenvalue weighted by molar-refractivity contribution is 0.0691. The largest absolute Gasteiger partial charge is 0.476 e. The van der Waals surface area contributed by atoms with Crippen LogP contribution in [0.4, 0.5) is 5.69 Å². The van der Waals surface area contributed by atoms with Crippen LogP contribution in [0, 0.1) is 0 Å². The second-order valence-corrected chi connectivity index (χ2v) is 4.28. The quantitative estimate of drug-likeness (QED) is 0.608. The van der Waals surface area contributed by atoms with Crippen LogP contribution >= 0.6 is 0 Å². The fraction of sp³-hybridized carbons (Fsp3) is 0.308. The fourth-order valence-electron chi connectivity index (χ4n) is 1.90. The van der Waals surface area contributed by atoms with Gasteiger partial charge in [-0.05, 0) is 18.6 Å². The van der Waals surface area contributed by atoms with Crippen LogP contribution in [0.15, 0.2) is 24.3 Å². The molecular formula is C13H16N4O3. The Morgan fingerprint density at radius 3 is 2.70 bits per heavy atom. The zero-order chi connectivity index (χ0) is 14.5. The summed E-state index contributed by atoms with van der Waals surface area (Å²) in [5.74, 6) is -1.10. The number of nitrogens with two attached hydrogens (primary N) is 1. The molecule has 0 saturated carbocycles. The molecule has 3 N–H and O–H groups in total. The van der Waals surface area contributed by atoms with Crippen molar-refractivity contribution in [2.24, 2.45) is 0 Å². The first kappa shape index (κ1) is 14.0. The number of anilines is 1. The molecule has 0 bridgehead atoms. The highest BCUT2D eigenvalue weighted by Gasteiger charge is 2.20. The number of hydrogen-bond donors (Lipinski definition) is 2. The summed E-state index contributed by atoms with van der Waals surface area (Å²) < 4.78 is 6.56. The van der Waals surface area contributed by atoms with E-state index in [0.717, 1.165) is 12.0 Å². The molecule has 7 nitrogen and oxygen atoms in total. The van der Waals surface area contributed by atoms with Crippen molar-refractivity contribution < 1.29 is 14.6 Å². The topological polar surface area (TPSA) is 103 Å². The molecule has 106 valence electrons. The summed E-state index contributed by atoms with van der Waals surface area (Å²) in [7, 11) is 1.62. The van der Waals surface area contributed by atoms with Crippen LogP contribution in [0.1, 0.15) is 16.9 Å². The summed E-state index contributed by atoms with van der Waals surface area (Å²) in [6.07, 6.45) is 0.723. The van der Waals surface area contributed by atoms with Crippen LogP contribution in [0.5, 0.6) is 0 Å². The van der Waals surface area contributed by atoms with Crippen LogP contribution in [0.3, 0.4) is 0 Å². The second-order valence-electron chi connectivity index (χ2n) is 4.28. The van der Waals surface area contributed by atoms with Gasteiger partial charge in [-0.3, -0.25) is 0 Å². The number of ether oxygens (including phenoxy) is 1. The Morgan fingerprint density at radius 2 is 2.10 bits per heavy atom. The molecule has 2 rings (SSSR count). The summed E-state index contributed by atoms with van der Waals surface area (Å²) in [6, 6.07) is 6.95. The number of hydrogen-bond acceptors (Lipinski definition) is 5. The number of rotatable bonds is 6. The first-order valence-electron chi connectivity index (χ1n) is 6.15. The third-order valence-electron chi connectivity index (χ3n) is 2.84. The van der Waals surface area contributed by atoms with Crippen LogP contribution in [-0.2, 0) is 11.3 Å². The first-order chi connectivity index (χ1) is 9.63. The third-order valence-corrected chi connectivity index (χ3v) is 2.84. The summed E-state index contributed by atoms with van der Waals surface area (Å²) >= 11 is 0. The van der Waals surface area contributed by atoms with E-state index in [1.165, 1.54) is 0 Å². The maximum atomic E-state index is 11.2. The summed E-state index contributed by atoms with van der Waals surface area (Å²) in [5, 5.41) is 16.8. The van der Waals surface area contributed by atoms with Crippen molar-refractivity contribution in [1.82, 2.24) is 15.0 Å². The number of benzene rings is 1. The minimum absolute atomic E-state index is 0.0628. The van der Waals surface area contributed by atoms with Gasteiger partial charge in [-0.25, -0.2) is 9.48 Å². The van der Waals surface area contributed by atoms with Crippen molar-refractivity contribution in [3.63, 3.8) is 0 Å². The Hall–Kier alpha value is -2.41. The van der Waals surface area contributed by atoms with Gasteiger partial charge in [0, 0.05) is 31.5 Å². The summed E-state index contributed by atoms with van der Waals surface area (Å²) in [4.78, 5) is 11.2. The van der Waals surface area contributed by atoms with Gasteiger partial charge in [0.25, 0.3) is 0 Å². The number of aryl methyl sites for hydroxylation is 1. The van der Waals surface area contributed by atoms with E-state index in [-0.39, 0.29) is 5.69 Å². The first-order valence-corrected chi connectivity index (χ1v) is 6.15. The number of aromatic nitrogens is 3. The zero-order valence-corrected chi connectivity index (χ0v) is 11.1. The highest BCUT2D eigenvalue weighted by atomic mass is 16.5. The fourth-order valence-corrected chi connectivity index (χ4v) is 1.90. The average molecular weight is 276 g/mol. The van der Waals surface area contributed by atoms with E-state index in [9.17, 15) is 9.90 Å². The molecule has 20 heavy (non-hydrogen) atoms. The number of carboxylic acid groups (broad SMARTS) is 1. The van der Waals surface area contributed by atoms with Crippen LogP contribution < -0.4 is 5.73 Å². The Labute approximate surface area is 116 Å². The Kier molecular flexibility index (Phi) is 4.31. The molecule has 1 aromatic carbocycles. The second kappa shape index (κ2) is 6.16. The smallest absolute Gasteiger partial charge is 0.358 e. The lowest BCUT2D eigenvalue weighted by Crippen LogP contribution is -2.07. The van der Waals surface area contributed by atoms with Crippen molar-refractivity contribution in [2.75, 3.05) is 19.5 Å². The Balaban J connectivity index is 2.38. The van der Waals surface area contributed by atoms with Crippen molar-refractivity contribution in [1.29, 1.82) is 0 Å². The monoisotopic (exact) mass is 276 g/mol. The molecule has 0 spiro atoms. The highest BCUT2D eigenvalue weighted by molar-refractivity contribution is 5.92. The molecule has 0 amide bonds. The van der Waals surface area contributed by atoms with Gasteiger partial charge in [-0.2, -0.15) is 0 Å². The van der Waals surface area contributed by atoms with Gasteiger partial charge in [0.15, 0.2) is 5.69 Å². The van der Waals surface area contributed by atoms with Crippen molar-refractivity contribution in [3.8, 4) is 11.3 Å². The predicted octanol–water partition coefficient (Wildman–Crippen LogP) is 1.26. The summed E-state index contributed by atoms with van der Waals surface area (Å²) in [6.45, 7) is 1.11. The molecule has 0 unspecified atom stereocenters. The number of nitrogen functional groups attached to an aromatic ring is 1. The zero-order valence-electron chi connectivity index (χ0n) is 11.1. The van der Waals surface area contributed by atoms with E-state index in [0.29, 0.717) is 24.5 Å². The van der Waals surface area contributed by atoms with E-state index in [1.54, 1.807) is 36.1 Å². The standard InChI is InChI=1S/C13H16N4O3/c1-20-8-2-7-17-12(11(13(18)19)15-16-17)9-3-5-10(14)6-4-9/h3-6H,2,7-8,14H2,1H3,(H,18,19). The number of aromatic carboxylic acids is 1. The summed E-state index contributed by atoms with van der Waals surface area (Å²) in [5.41, 5.74) is 7.40. The van der Waals surface area contributed by atoms with E-state index in [4.69, 9.17) is 10.5 Å². The van der Waals surface area contributed by atoms with Gasteiger partial charge in [-0.15, -0.1) is 5.10 Å². The lowest BCUT2D eigenvalue weighted by atomic mass is 10.1. The molecule has 0 aliphatic rings. The van der Waals surface area contributed by atoms with Crippen LogP contribution in [0.2, 0.25) is 0 Å². The number of methoxy groups -OCH3 is 1. The van der Waals surface area contributed by atoms with Gasteiger partial charge < -0.3 is 15.6 Å². The molecule has 7 heteroatoms. The predicted molar refractivity (Wildman–Crippen MR) is 73.3 cm³/mol. The maximum Gasteiger partial charge on any atom is 0.358 e. The number of carbonyl (C=O) groups is 1. The van der Waals surface area contributed by atoms with Crippen molar-refractivity contribution >= 4 is 11.7 Å². The molecule has 0 aliphatic heterocycles. The lowest BCUT2D eigenvalue weighted by Gasteiger charge is -2.07. The van der Waals surface area contributed by atoms with Gasteiger partial charge in [0.05, 0.1) is 0 Å². The van der Waals surface area contributed by atoms with E-state index >= 15 is 0 Å². The van der Waals surface area contributed by atoms with Crippen molar-refractivity contribution in [2.45, 2.75) is 13.0 Å². The number of nitrogens with zero attached hydrogens (tertiary/aromatic N) is 3. The normalized spacial score (nSPS) is 10.7. The van der Waals surface area contributed by atoms with Gasteiger partial charge in [0.2, 0.25) is 0 Å². The Bertz CT molecular complexity index is 592. The van der Waals surface area contributed by atoms with Crippen LogP contribution in [0.25, 0.3) is 11.3 Å². The molecule has 2 aromatic rings. The number of carboxylic acids is 1. The minimum atomic E-state index is -1.10. The molecule has 0 aliphatic carbocycles. The highest BCUT2D eigenvalue weighted by Crippen LogP contribution is 2.23. The SMILES string of the molecule is COCCCn1nnc(C(=O)O)c1-c1ccc(N)cc1. The van der Waals surface area contributed by atoms with Gasteiger partial charge in [-0.1, -0.05) is 17.3 Å². The third kappa shape index (κ3) is 2.94. The molecular weight excluding hydrogens is 260 g/mol. The Morgan fingerprint density at radius 1 is 1.40 bits per heavy atom. The molecule has 0 fully saturated rings. The van der Waals surface area contributed by atoms with Crippen LogP contribution in [-0.4, -0.2) is 39.8 Å². The molecule has 0 radical (unpaired) electrons. The van der Waals surface area contributed by atoms with Crippen molar-refractivity contribution in [3.05, 3.63) is 30.0 Å².